The topological polar surface area (TPSA) is 46.5 Å². The highest BCUT2D eigenvalue weighted by atomic mass is 32.2. The molecule has 5 heteroatoms. The van der Waals surface area contributed by atoms with E-state index in [9.17, 15) is 12.8 Å². The minimum Gasteiger partial charge on any atom is -0.256 e. The normalized spacial score (nSPS) is 11.9. The summed E-state index contributed by atoms with van der Waals surface area (Å²) in [6, 6.07) is 12.2. The molecule has 0 unspecified atom stereocenters. The predicted octanol–water partition coefficient (Wildman–Crippen LogP) is 2.98. The summed E-state index contributed by atoms with van der Waals surface area (Å²) in [6.07, 6.45) is 2.75. The van der Waals surface area contributed by atoms with Crippen LogP contribution in [0.3, 0.4) is 0 Å². The molecule has 0 spiro atoms. The van der Waals surface area contributed by atoms with E-state index in [1.54, 1.807) is 30.5 Å². The predicted molar refractivity (Wildman–Crippen MR) is 73.2 cm³/mol. The first-order valence-corrected chi connectivity index (χ1v) is 7.44. The van der Waals surface area contributed by atoms with Crippen LogP contribution in [-0.4, -0.2) is 20.9 Å². The van der Waals surface area contributed by atoms with Gasteiger partial charge in [-0.25, -0.2) is 12.8 Å². The fourth-order valence-electron chi connectivity index (χ4n) is 1.48. The highest BCUT2D eigenvalue weighted by molar-refractivity contribution is 7.90. The molecule has 2 aromatic carbocycles. The van der Waals surface area contributed by atoms with Crippen molar-refractivity contribution in [3.8, 4) is 0 Å². The van der Waals surface area contributed by atoms with Gasteiger partial charge in [-0.15, -0.1) is 0 Å². The molecule has 0 aliphatic carbocycles. The van der Waals surface area contributed by atoms with Gasteiger partial charge in [0.25, 0.3) is 0 Å². The Morgan fingerprint density at radius 2 is 1.58 bits per heavy atom. The first-order valence-electron chi connectivity index (χ1n) is 5.55. The third kappa shape index (κ3) is 3.72. The summed E-state index contributed by atoms with van der Waals surface area (Å²) in [6.45, 7) is 0. The Morgan fingerprint density at radius 1 is 1.00 bits per heavy atom. The maximum absolute atomic E-state index is 12.7. The van der Waals surface area contributed by atoms with E-state index in [0.717, 1.165) is 11.8 Å². The van der Waals surface area contributed by atoms with E-state index < -0.39 is 9.84 Å². The van der Waals surface area contributed by atoms with Crippen molar-refractivity contribution >= 4 is 21.7 Å². The second kappa shape index (κ2) is 5.32. The average molecular weight is 277 g/mol. The van der Waals surface area contributed by atoms with E-state index >= 15 is 0 Å². The fourth-order valence-corrected chi connectivity index (χ4v) is 2.11. The smallest absolute Gasteiger partial charge is 0.175 e. The average Bonchev–Trinajstić information content (AvgIpc) is 2.37. The number of hydrogen-bond acceptors (Lipinski definition) is 3. The summed E-state index contributed by atoms with van der Waals surface area (Å²) < 4.78 is 35.3. The Balaban J connectivity index is 2.18. The standard InChI is InChI=1S/C14H12FNO2S/c1-19(17,18)14-8-6-13(7-9-14)16-10-11-2-4-12(15)5-3-11/h2-10H,1H3/b16-10+. The molecular formula is C14H12FNO2S. The number of sulfone groups is 1. The molecule has 0 fully saturated rings. The zero-order valence-corrected chi connectivity index (χ0v) is 11.1. The highest BCUT2D eigenvalue weighted by Gasteiger charge is 2.05. The Kier molecular flexibility index (Phi) is 3.76. The number of hydrogen-bond donors (Lipinski definition) is 0. The molecule has 0 saturated heterocycles. The van der Waals surface area contributed by atoms with Gasteiger partial charge in [0.2, 0.25) is 0 Å². The monoisotopic (exact) mass is 277 g/mol. The van der Waals surface area contributed by atoms with Crippen molar-refractivity contribution in [1.82, 2.24) is 0 Å². The summed E-state index contributed by atoms with van der Waals surface area (Å²) in [5.41, 5.74) is 1.41. The SMILES string of the molecule is CS(=O)(=O)c1ccc(/N=C/c2ccc(F)cc2)cc1. The summed E-state index contributed by atoms with van der Waals surface area (Å²) in [7, 11) is -3.18. The van der Waals surface area contributed by atoms with Crippen LogP contribution in [0.25, 0.3) is 0 Å². The van der Waals surface area contributed by atoms with Crippen molar-refractivity contribution in [2.75, 3.05) is 6.26 Å². The maximum atomic E-state index is 12.7. The van der Waals surface area contributed by atoms with Gasteiger partial charge in [0.1, 0.15) is 5.82 Å². The van der Waals surface area contributed by atoms with Crippen LogP contribution in [0.5, 0.6) is 0 Å². The lowest BCUT2D eigenvalue weighted by molar-refractivity contribution is 0.602. The Hall–Kier alpha value is -2.01. The van der Waals surface area contributed by atoms with Crippen LogP contribution in [0.15, 0.2) is 58.4 Å². The van der Waals surface area contributed by atoms with Gasteiger partial charge in [-0.2, -0.15) is 0 Å². The van der Waals surface area contributed by atoms with Crippen molar-refractivity contribution in [2.24, 2.45) is 4.99 Å². The molecule has 0 bridgehead atoms. The van der Waals surface area contributed by atoms with Crippen molar-refractivity contribution in [1.29, 1.82) is 0 Å². The van der Waals surface area contributed by atoms with Crippen LogP contribution in [0, 0.1) is 5.82 Å². The molecule has 0 atom stereocenters. The third-order valence-corrected chi connectivity index (χ3v) is 3.63. The van der Waals surface area contributed by atoms with E-state index in [0.29, 0.717) is 5.69 Å². The van der Waals surface area contributed by atoms with Crippen LogP contribution < -0.4 is 0 Å². The molecule has 0 radical (unpaired) electrons. The molecule has 0 N–H and O–H groups in total. The summed E-state index contributed by atoms with van der Waals surface area (Å²) in [4.78, 5) is 4.44. The van der Waals surface area contributed by atoms with Crippen molar-refractivity contribution < 1.29 is 12.8 Å². The van der Waals surface area contributed by atoms with E-state index in [-0.39, 0.29) is 10.7 Å². The van der Waals surface area contributed by atoms with Crippen LogP contribution in [-0.2, 0) is 9.84 Å². The Labute approximate surface area is 111 Å². The van der Waals surface area contributed by atoms with Gasteiger partial charge in [0, 0.05) is 12.5 Å². The molecule has 0 aliphatic rings. The fraction of sp³-hybridized carbons (Fsp3) is 0.0714. The van der Waals surface area contributed by atoms with Gasteiger partial charge in [0.15, 0.2) is 9.84 Å². The summed E-state index contributed by atoms with van der Waals surface area (Å²) in [5.74, 6) is -0.297. The van der Waals surface area contributed by atoms with Crippen molar-refractivity contribution in [2.45, 2.75) is 4.90 Å². The number of benzene rings is 2. The van der Waals surface area contributed by atoms with Gasteiger partial charge in [0.05, 0.1) is 10.6 Å². The molecule has 3 nitrogen and oxygen atoms in total. The van der Waals surface area contributed by atoms with Crippen LogP contribution in [0.2, 0.25) is 0 Å². The minimum atomic E-state index is -3.18. The van der Waals surface area contributed by atoms with Crippen LogP contribution in [0.4, 0.5) is 10.1 Å². The van der Waals surface area contributed by atoms with Gasteiger partial charge in [-0.3, -0.25) is 4.99 Å². The maximum Gasteiger partial charge on any atom is 0.175 e. The minimum absolute atomic E-state index is 0.258. The Morgan fingerprint density at radius 3 is 2.11 bits per heavy atom. The molecule has 2 aromatic rings. The molecule has 0 aliphatic heterocycles. The number of nitrogens with zero attached hydrogens (tertiary/aromatic N) is 1. The largest absolute Gasteiger partial charge is 0.256 e. The first-order chi connectivity index (χ1) is 8.95. The van der Waals surface area contributed by atoms with E-state index in [1.807, 2.05) is 0 Å². The van der Waals surface area contributed by atoms with E-state index in [2.05, 4.69) is 4.99 Å². The van der Waals surface area contributed by atoms with Gasteiger partial charge in [-0.1, -0.05) is 12.1 Å². The van der Waals surface area contributed by atoms with E-state index in [4.69, 9.17) is 0 Å². The Bertz CT molecular complexity index is 689. The molecule has 0 saturated carbocycles. The van der Waals surface area contributed by atoms with Crippen LogP contribution in [0.1, 0.15) is 5.56 Å². The van der Waals surface area contributed by atoms with Gasteiger partial charge < -0.3 is 0 Å². The quantitative estimate of drug-likeness (QED) is 0.810. The first kappa shape index (κ1) is 13.4. The summed E-state index contributed by atoms with van der Waals surface area (Å²) in [5, 5.41) is 0. The number of halogens is 1. The molecule has 19 heavy (non-hydrogen) atoms. The lowest BCUT2D eigenvalue weighted by Crippen LogP contribution is -1.95. The zero-order chi connectivity index (χ0) is 13.9. The molecule has 2 rings (SSSR count). The molecular weight excluding hydrogens is 265 g/mol. The molecule has 0 amide bonds. The van der Waals surface area contributed by atoms with Crippen molar-refractivity contribution in [3.05, 3.63) is 59.9 Å². The van der Waals surface area contributed by atoms with Gasteiger partial charge >= 0.3 is 0 Å². The molecule has 0 heterocycles. The lowest BCUT2D eigenvalue weighted by Gasteiger charge is -1.98. The zero-order valence-electron chi connectivity index (χ0n) is 10.2. The third-order valence-electron chi connectivity index (χ3n) is 2.50. The van der Waals surface area contributed by atoms with Crippen LogP contribution >= 0.6 is 0 Å². The number of rotatable bonds is 3. The molecule has 0 aromatic heterocycles. The summed E-state index contributed by atoms with van der Waals surface area (Å²) >= 11 is 0. The van der Waals surface area contributed by atoms with E-state index in [1.165, 1.54) is 24.3 Å². The molecule has 98 valence electrons. The number of aliphatic imine (C=N–C) groups is 1. The second-order valence-corrected chi connectivity index (χ2v) is 6.09. The highest BCUT2D eigenvalue weighted by Crippen LogP contribution is 2.16. The second-order valence-electron chi connectivity index (χ2n) is 4.08. The lowest BCUT2D eigenvalue weighted by atomic mass is 10.2. The van der Waals surface area contributed by atoms with Crippen molar-refractivity contribution in [3.63, 3.8) is 0 Å². The van der Waals surface area contributed by atoms with Gasteiger partial charge in [-0.05, 0) is 42.0 Å².